The molecule has 2 aliphatic rings. The fourth-order valence-corrected chi connectivity index (χ4v) is 4.82. The van der Waals surface area contributed by atoms with Crippen LogP contribution < -0.4 is 0 Å². The van der Waals surface area contributed by atoms with Gasteiger partial charge < -0.3 is 14.4 Å². The van der Waals surface area contributed by atoms with E-state index in [9.17, 15) is 9.18 Å². The van der Waals surface area contributed by atoms with Crippen molar-refractivity contribution in [3.8, 4) is 0 Å². The van der Waals surface area contributed by atoms with Crippen LogP contribution in [0.3, 0.4) is 0 Å². The number of amides is 2. The van der Waals surface area contributed by atoms with E-state index in [1.807, 2.05) is 23.4 Å². The average Bonchev–Trinajstić information content (AvgIpc) is 3.35. The summed E-state index contributed by atoms with van der Waals surface area (Å²) < 4.78 is 16.1. The molecule has 0 saturated carbocycles. The molecular formula is C21H28FN5O. The summed E-state index contributed by atoms with van der Waals surface area (Å²) in [7, 11) is 3.55. The molecule has 0 aliphatic carbocycles. The molecule has 4 rings (SSSR count). The number of nitrogens with zero attached hydrogens (tertiary/aromatic N) is 5. The minimum atomic E-state index is -0.252. The van der Waals surface area contributed by atoms with Crippen molar-refractivity contribution in [2.24, 2.45) is 11.8 Å². The maximum Gasteiger partial charge on any atom is 0.320 e. The van der Waals surface area contributed by atoms with Crippen LogP contribution in [0.5, 0.6) is 0 Å². The molecule has 0 spiro atoms. The van der Waals surface area contributed by atoms with Gasteiger partial charge in [0.05, 0.1) is 12.6 Å². The van der Waals surface area contributed by atoms with Crippen molar-refractivity contribution in [1.29, 1.82) is 0 Å². The molecule has 0 radical (unpaired) electrons. The SMILES string of the molecule is CCn1ccnc1CN1C[C@@H]2CN(C(=O)N(C)C)[C@@H](c3cccc(F)c3)[C@@H]2C1. The molecule has 150 valence electrons. The van der Waals surface area contributed by atoms with Gasteiger partial charge in [-0.05, 0) is 30.5 Å². The first-order chi connectivity index (χ1) is 13.5. The smallest absolute Gasteiger partial charge is 0.320 e. The second kappa shape index (κ2) is 7.54. The van der Waals surface area contributed by atoms with Crippen molar-refractivity contribution in [2.75, 3.05) is 33.7 Å². The number of benzene rings is 1. The minimum absolute atomic E-state index is 0.00302. The molecule has 3 heterocycles. The number of halogens is 1. The third-order valence-electron chi connectivity index (χ3n) is 6.07. The number of hydrogen-bond acceptors (Lipinski definition) is 3. The summed E-state index contributed by atoms with van der Waals surface area (Å²) in [5, 5.41) is 0. The Labute approximate surface area is 165 Å². The first kappa shape index (κ1) is 18.9. The third-order valence-corrected chi connectivity index (χ3v) is 6.07. The van der Waals surface area contributed by atoms with Crippen LogP contribution in [0.25, 0.3) is 0 Å². The van der Waals surface area contributed by atoms with Crippen LogP contribution in [-0.4, -0.2) is 64.0 Å². The summed E-state index contributed by atoms with van der Waals surface area (Å²) in [5.74, 6) is 1.52. The van der Waals surface area contributed by atoms with Gasteiger partial charge in [-0.1, -0.05) is 12.1 Å². The van der Waals surface area contributed by atoms with E-state index in [1.54, 1.807) is 31.1 Å². The summed E-state index contributed by atoms with van der Waals surface area (Å²) >= 11 is 0. The van der Waals surface area contributed by atoms with E-state index in [0.29, 0.717) is 18.4 Å². The zero-order valence-electron chi connectivity index (χ0n) is 16.8. The van der Waals surface area contributed by atoms with Gasteiger partial charge in [0.25, 0.3) is 0 Å². The number of likely N-dealkylation sites (tertiary alicyclic amines) is 2. The van der Waals surface area contributed by atoms with E-state index in [0.717, 1.165) is 37.6 Å². The van der Waals surface area contributed by atoms with Crippen LogP contribution in [0, 0.1) is 17.7 Å². The zero-order valence-corrected chi connectivity index (χ0v) is 16.8. The predicted octanol–water partition coefficient (Wildman–Crippen LogP) is 2.83. The van der Waals surface area contributed by atoms with Crippen molar-refractivity contribution < 1.29 is 9.18 Å². The average molecular weight is 385 g/mol. The molecule has 2 saturated heterocycles. The number of aromatic nitrogens is 2. The highest BCUT2D eigenvalue weighted by Crippen LogP contribution is 2.45. The summed E-state index contributed by atoms with van der Waals surface area (Å²) in [5.41, 5.74) is 0.889. The Morgan fingerprint density at radius 2 is 2.11 bits per heavy atom. The van der Waals surface area contributed by atoms with Gasteiger partial charge >= 0.3 is 6.03 Å². The number of imidazole rings is 1. The van der Waals surface area contributed by atoms with Crippen LogP contribution in [0.4, 0.5) is 9.18 Å². The molecule has 1 aromatic heterocycles. The molecule has 28 heavy (non-hydrogen) atoms. The van der Waals surface area contributed by atoms with Gasteiger partial charge in [-0.3, -0.25) is 4.90 Å². The van der Waals surface area contributed by atoms with E-state index in [1.165, 1.54) is 6.07 Å². The van der Waals surface area contributed by atoms with Crippen molar-refractivity contribution in [3.63, 3.8) is 0 Å². The van der Waals surface area contributed by atoms with Gasteiger partial charge in [-0.2, -0.15) is 0 Å². The zero-order chi connectivity index (χ0) is 19.8. The van der Waals surface area contributed by atoms with Gasteiger partial charge in [0.1, 0.15) is 11.6 Å². The Bertz CT molecular complexity index is 851. The number of fused-ring (bicyclic) bond motifs is 1. The minimum Gasteiger partial charge on any atom is -0.334 e. The molecule has 2 amide bonds. The van der Waals surface area contributed by atoms with Gasteiger partial charge in [-0.15, -0.1) is 0 Å². The standard InChI is InChI=1S/C21H28FN5O/c1-4-26-9-8-23-19(26)14-25-11-16-12-27(21(28)24(2)3)20(18(16)13-25)15-6-5-7-17(22)10-15/h5-10,16,18,20H,4,11-14H2,1-3H3/t16-,18-,20+/m1/s1. The molecule has 0 N–H and O–H groups in total. The number of rotatable bonds is 4. The molecular weight excluding hydrogens is 357 g/mol. The van der Waals surface area contributed by atoms with Crippen LogP contribution in [0.15, 0.2) is 36.7 Å². The molecule has 2 aliphatic heterocycles. The van der Waals surface area contributed by atoms with E-state index in [-0.39, 0.29) is 17.9 Å². The van der Waals surface area contributed by atoms with Crippen molar-refractivity contribution >= 4 is 6.03 Å². The summed E-state index contributed by atoms with van der Waals surface area (Å²) in [6, 6.07) is 6.62. The van der Waals surface area contributed by atoms with Gasteiger partial charge in [-0.25, -0.2) is 14.2 Å². The van der Waals surface area contributed by atoms with Crippen molar-refractivity contribution in [2.45, 2.75) is 26.1 Å². The number of aryl methyl sites for hydroxylation is 1. The topological polar surface area (TPSA) is 44.6 Å². The highest BCUT2D eigenvalue weighted by Gasteiger charge is 2.49. The van der Waals surface area contributed by atoms with E-state index < -0.39 is 0 Å². The molecule has 0 unspecified atom stereocenters. The third kappa shape index (κ3) is 3.39. The lowest BCUT2D eigenvalue weighted by Crippen LogP contribution is -2.41. The maximum atomic E-state index is 13.9. The Kier molecular flexibility index (Phi) is 5.10. The summed E-state index contributed by atoms with van der Waals surface area (Å²) in [6.45, 7) is 6.37. The summed E-state index contributed by atoms with van der Waals surface area (Å²) in [4.78, 5) is 23.3. The fraction of sp³-hybridized carbons (Fsp3) is 0.524. The Hall–Kier alpha value is -2.41. The number of urea groups is 1. The van der Waals surface area contributed by atoms with Gasteiger partial charge in [0.2, 0.25) is 0 Å². The summed E-state index contributed by atoms with van der Waals surface area (Å²) in [6.07, 6.45) is 3.86. The van der Waals surface area contributed by atoms with Gasteiger partial charge in [0.15, 0.2) is 0 Å². The quantitative estimate of drug-likeness (QED) is 0.813. The number of carbonyl (C=O) groups excluding carboxylic acids is 1. The lowest BCUT2D eigenvalue weighted by Gasteiger charge is -2.31. The largest absolute Gasteiger partial charge is 0.334 e. The normalized spacial score (nSPS) is 24.6. The highest BCUT2D eigenvalue weighted by molar-refractivity contribution is 5.75. The molecule has 1 aromatic carbocycles. The van der Waals surface area contributed by atoms with E-state index >= 15 is 0 Å². The predicted molar refractivity (Wildman–Crippen MR) is 105 cm³/mol. The molecule has 6 nitrogen and oxygen atoms in total. The fourth-order valence-electron chi connectivity index (χ4n) is 4.82. The molecule has 0 bridgehead atoms. The Morgan fingerprint density at radius 1 is 1.29 bits per heavy atom. The lowest BCUT2D eigenvalue weighted by molar-refractivity contribution is 0.151. The first-order valence-electron chi connectivity index (χ1n) is 9.93. The van der Waals surface area contributed by atoms with Crippen molar-refractivity contribution in [1.82, 2.24) is 24.3 Å². The second-order valence-corrected chi connectivity index (χ2v) is 8.08. The molecule has 2 fully saturated rings. The molecule has 7 heteroatoms. The highest BCUT2D eigenvalue weighted by atomic mass is 19.1. The van der Waals surface area contributed by atoms with Crippen LogP contribution >= 0.6 is 0 Å². The second-order valence-electron chi connectivity index (χ2n) is 8.08. The number of carbonyl (C=O) groups is 1. The van der Waals surface area contributed by atoms with Crippen molar-refractivity contribution in [3.05, 3.63) is 53.9 Å². The monoisotopic (exact) mass is 385 g/mol. The van der Waals surface area contributed by atoms with E-state index in [2.05, 4.69) is 21.4 Å². The molecule has 3 atom stereocenters. The van der Waals surface area contributed by atoms with Gasteiger partial charge in [0, 0.05) is 58.6 Å². The van der Waals surface area contributed by atoms with Crippen LogP contribution in [-0.2, 0) is 13.1 Å². The van der Waals surface area contributed by atoms with E-state index in [4.69, 9.17) is 0 Å². The first-order valence-corrected chi connectivity index (χ1v) is 9.93. The lowest BCUT2D eigenvalue weighted by atomic mass is 9.89. The number of hydrogen-bond donors (Lipinski definition) is 0. The van der Waals surface area contributed by atoms with Crippen LogP contribution in [0.2, 0.25) is 0 Å². The Balaban J connectivity index is 1.57. The Morgan fingerprint density at radius 3 is 2.82 bits per heavy atom. The molecule has 2 aromatic rings. The maximum absolute atomic E-state index is 13.9. The van der Waals surface area contributed by atoms with Crippen LogP contribution in [0.1, 0.15) is 24.4 Å².